The zero-order chi connectivity index (χ0) is 23.7. The number of aryl methyl sites for hydroxylation is 4. The van der Waals surface area contributed by atoms with Gasteiger partial charge in [-0.2, -0.15) is 0 Å². The summed E-state index contributed by atoms with van der Waals surface area (Å²) in [7, 11) is 0. The van der Waals surface area contributed by atoms with E-state index >= 15 is 0 Å². The molecular weight excluding hydrogens is 412 g/mol. The molecule has 5 rings (SSSR count). The van der Waals surface area contributed by atoms with E-state index in [0.717, 1.165) is 45.0 Å². The first-order valence-electron chi connectivity index (χ1n) is 11.7. The fourth-order valence-electron chi connectivity index (χ4n) is 4.41. The molecule has 0 radical (unpaired) electrons. The van der Waals surface area contributed by atoms with Gasteiger partial charge >= 0.3 is 0 Å². The zero-order valence-corrected chi connectivity index (χ0v) is 20.1. The number of aromatic nitrogens is 2. The lowest BCUT2D eigenvalue weighted by molar-refractivity contribution is 1.21. The Morgan fingerprint density at radius 3 is 0.794 bits per heavy atom. The largest absolute Gasteiger partial charge is 0.243 e. The van der Waals surface area contributed by atoms with Crippen LogP contribution in [0.25, 0.3) is 45.0 Å². The van der Waals surface area contributed by atoms with Crippen LogP contribution >= 0.6 is 0 Å². The highest BCUT2D eigenvalue weighted by molar-refractivity contribution is 5.86. The summed E-state index contributed by atoms with van der Waals surface area (Å²) in [6.45, 7) is 8.47. The third kappa shape index (κ3) is 4.40. The molecular formula is C32H28N2. The summed E-state index contributed by atoms with van der Waals surface area (Å²) >= 11 is 0. The Kier molecular flexibility index (Phi) is 5.81. The Morgan fingerprint density at radius 2 is 0.588 bits per heavy atom. The maximum absolute atomic E-state index is 5.34. The van der Waals surface area contributed by atoms with E-state index in [2.05, 4.69) is 125 Å². The topological polar surface area (TPSA) is 25.8 Å². The van der Waals surface area contributed by atoms with Gasteiger partial charge in [-0.3, -0.25) is 0 Å². The van der Waals surface area contributed by atoms with E-state index in [4.69, 9.17) is 9.97 Å². The molecule has 4 aromatic carbocycles. The van der Waals surface area contributed by atoms with Crippen LogP contribution in [0.1, 0.15) is 22.3 Å². The van der Waals surface area contributed by atoms with Gasteiger partial charge in [-0.05, 0) is 52.0 Å². The molecule has 0 amide bonds. The van der Waals surface area contributed by atoms with Crippen LogP contribution in [0.4, 0.5) is 0 Å². The maximum atomic E-state index is 5.34. The molecule has 1 aromatic heterocycles. The van der Waals surface area contributed by atoms with Crippen molar-refractivity contribution in [2.75, 3.05) is 0 Å². The number of benzene rings is 4. The highest BCUT2D eigenvalue weighted by Gasteiger charge is 2.19. The van der Waals surface area contributed by atoms with Crippen LogP contribution in [0.2, 0.25) is 0 Å². The highest BCUT2D eigenvalue weighted by Crippen LogP contribution is 2.37. The Hall–Kier alpha value is -4.04. The lowest BCUT2D eigenvalue weighted by Gasteiger charge is -2.17. The molecule has 1 heterocycles. The first-order valence-corrected chi connectivity index (χ1v) is 11.7. The average Bonchev–Trinajstić information content (AvgIpc) is 2.83. The van der Waals surface area contributed by atoms with Gasteiger partial charge in [0, 0.05) is 22.3 Å². The minimum atomic E-state index is 0.905. The van der Waals surface area contributed by atoms with Crippen molar-refractivity contribution < 1.29 is 0 Å². The summed E-state index contributed by atoms with van der Waals surface area (Å²) in [5, 5.41) is 0. The van der Waals surface area contributed by atoms with Gasteiger partial charge in [-0.25, -0.2) is 9.97 Å². The van der Waals surface area contributed by atoms with E-state index < -0.39 is 0 Å². The third-order valence-corrected chi connectivity index (χ3v) is 6.06. The Bertz CT molecular complexity index is 1270. The van der Waals surface area contributed by atoms with Crippen LogP contribution in [-0.4, -0.2) is 9.97 Å². The number of rotatable bonds is 4. The smallest absolute Gasteiger partial charge is 0.0973 e. The van der Waals surface area contributed by atoms with Crippen molar-refractivity contribution in [1.82, 2.24) is 9.97 Å². The molecule has 0 aliphatic carbocycles. The van der Waals surface area contributed by atoms with Crippen LogP contribution in [0.5, 0.6) is 0 Å². The lowest BCUT2D eigenvalue weighted by Crippen LogP contribution is -2.01. The molecule has 5 aromatic rings. The quantitative estimate of drug-likeness (QED) is 0.280. The van der Waals surface area contributed by atoms with Crippen molar-refractivity contribution in [3.05, 3.63) is 119 Å². The first-order chi connectivity index (χ1) is 16.5. The van der Waals surface area contributed by atoms with Gasteiger partial charge in [0.1, 0.15) is 0 Å². The summed E-state index contributed by atoms with van der Waals surface area (Å²) in [5.74, 6) is 0. The summed E-state index contributed by atoms with van der Waals surface area (Å²) in [4.78, 5) is 10.7. The van der Waals surface area contributed by atoms with Crippen molar-refractivity contribution in [2.45, 2.75) is 27.7 Å². The van der Waals surface area contributed by atoms with E-state index in [0.29, 0.717) is 0 Å². The van der Waals surface area contributed by atoms with E-state index in [1.165, 1.54) is 22.3 Å². The maximum Gasteiger partial charge on any atom is 0.0973 e. The van der Waals surface area contributed by atoms with Crippen LogP contribution in [0.3, 0.4) is 0 Å². The van der Waals surface area contributed by atoms with E-state index in [9.17, 15) is 0 Å². The molecule has 0 atom stereocenters. The second kappa shape index (κ2) is 9.07. The normalized spacial score (nSPS) is 10.9. The molecule has 0 spiro atoms. The molecule has 0 saturated heterocycles. The fraction of sp³-hybridized carbons (Fsp3) is 0.125. The molecule has 0 saturated carbocycles. The molecule has 0 N–H and O–H groups in total. The van der Waals surface area contributed by atoms with Crippen molar-refractivity contribution in [3.8, 4) is 45.0 Å². The zero-order valence-electron chi connectivity index (χ0n) is 20.1. The second-order valence-electron chi connectivity index (χ2n) is 9.10. The molecule has 34 heavy (non-hydrogen) atoms. The van der Waals surface area contributed by atoms with Crippen molar-refractivity contribution >= 4 is 0 Å². The standard InChI is InChI=1S/C32H28N2/c1-21-9-5-13-25(17-21)29-30(26-14-6-10-22(2)18-26)34-32(28-16-8-12-24(4)20-28)31(33-29)27-15-7-11-23(3)19-27/h5-20H,1-4H3. The summed E-state index contributed by atoms with van der Waals surface area (Å²) < 4.78 is 0. The Labute approximate surface area is 202 Å². The Balaban J connectivity index is 1.88. The molecule has 0 bridgehead atoms. The average molecular weight is 441 g/mol. The van der Waals surface area contributed by atoms with Gasteiger partial charge in [-0.15, -0.1) is 0 Å². The van der Waals surface area contributed by atoms with Gasteiger partial charge in [0.25, 0.3) is 0 Å². The summed E-state index contributed by atoms with van der Waals surface area (Å²) in [6.07, 6.45) is 0. The predicted molar refractivity (Wildman–Crippen MR) is 143 cm³/mol. The monoisotopic (exact) mass is 440 g/mol. The van der Waals surface area contributed by atoms with E-state index in [1.54, 1.807) is 0 Å². The van der Waals surface area contributed by atoms with Crippen LogP contribution in [-0.2, 0) is 0 Å². The lowest BCUT2D eigenvalue weighted by atomic mass is 9.97. The van der Waals surface area contributed by atoms with Gasteiger partial charge in [0.2, 0.25) is 0 Å². The first kappa shape index (κ1) is 21.8. The predicted octanol–water partition coefficient (Wildman–Crippen LogP) is 8.38. The SMILES string of the molecule is Cc1cccc(-c2nc(-c3cccc(C)c3)c(-c3cccc(C)c3)nc2-c2cccc(C)c2)c1. The molecule has 0 unspecified atom stereocenters. The molecule has 0 aliphatic rings. The fourth-order valence-corrected chi connectivity index (χ4v) is 4.41. The minimum absolute atomic E-state index is 0.905. The van der Waals surface area contributed by atoms with Crippen LogP contribution in [0, 0.1) is 27.7 Å². The Morgan fingerprint density at radius 1 is 0.353 bits per heavy atom. The van der Waals surface area contributed by atoms with Crippen LogP contribution in [0.15, 0.2) is 97.1 Å². The summed E-state index contributed by atoms with van der Waals surface area (Å²) in [6, 6.07) is 34.1. The molecule has 2 nitrogen and oxygen atoms in total. The van der Waals surface area contributed by atoms with Crippen molar-refractivity contribution in [2.24, 2.45) is 0 Å². The van der Waals surface area contributed by atoms with Gasteiger partial charge in [0.15, 0.2) is 0 Å². The molecule has 2 heteroatoms. The highest BCUT2D eigenvalue weighted by atomic mass is 14.9. The van der Waals surface area contributed by atoms with Crippen molar-refractivity contribution in [3.63, 3.8) is 0 Å². The molecule has 166 valence electrons. The number of hydrogen-bond donors (Lipinski definition) is 0. The number of nitrogens with zero attached hydrogens (tertiary/aromatic N) is 2. The van der Waals surface area contributed by atoms with Gasteiger partial charge < -0.3 is 0 Å². The number of hydrogen-bond acceptors (Lipinski definition) is 2. The van der Waals surface area contributed by atoms with Gasteiger partial charge in [-0.1, -0.05) is 95.1 Å². The van der Waals surface area contributed by atoms with E-state index in [1.807, 2.05) is 0 Å². The van der Waals surface area contributed by atoms with Gasteiger partial charge in [0.05, 0.1) is 22.8 Å². The second-order valence-corrected chi connectivity index (χ2v) is 9.10. The summed E-state index contributed by atoms with van der Waals surface area (Å²) in [5.41, 5.74) is 12.7. The minimum Gasteiger partial charge on any atom is -0.243 e. The van der Waals surface area contributed by atoms with Crippen molar-refractivity contribution in [1.29, 1.82) is 0 Å². The third-order valence-electron chi connectivity index (χ3n) is 6.06. The van der Waals surface area contributed by atoms with Crippen LogP contribution < -0.4 is 0 Å². The molecule has 0 aliphatic heterocycles. The molecule has 0 fully saturated rings. The van der Waals surface area contributed by atoms with E-state index in [-0.39, 0.29) is 0 Å².